The van der Waals surface area contributed by atoms with E-state index in [1.165, 1.54) is 10.4 Å². The van der Waals surface area contributed by atoms with Crippen molar-refractivity contribution in [2.45, 2.75) is 23.1 Å². The van der Waals surface area contributed by atoms with Crippen molar-refractivity contribution in [3.8, 4) is 0 Å². The molecule has 0 aliphatic carbocycles. The molecule has 1 aromatic rings. The van der Waals surface area contributed by atoms with Crippen molar-refractivity contribution >= 4 is 48.9 Å². The summed E-state index contributed by atoms with van der Waals surface area (Å²) in [7, 11) is 0.277. The van der Waals surface area contributed by atoms with Crippen LogP contribution in [0.4, 0.5) is 0 Å². The van der Waals surface area contributed by atoms with Crippen LogP contribution in [-0.2, 0) is 10.0 Å². The maximum atomic E-state index is 12.5. The van der Waals surface area contributed by atoms with E-state index < -0.39 is 10.0 Å². The van der Waals surface area contributed by atoms with Gasteiger partial charge in [0.25, 0.3) is 10.0 Å². The van der Waals surface area contributed by atoms with Gasteiger partial charge in [0.2, 0.25) is 0 Å². The first kappa shape index (κ1) is 15.7. The third kappa shape index (κ3) is 3.33. The maximum absolute atomic E-state index is 12.5. The van der Waals surface area contributed by atoms with Crippen LogP contribution in [0.25, 0.3) is 0 Å². The Balaban J connectivity index is 2.19. The standard InChI is InChI=1S/C11H16BrClN2O2S2/c1-14-5-3-8(4-6-14)15(2)19(16,17)10-7-9(13)11(12)18-10/h7-8H,3-6H2,1-2H3. The van der Waals surface area contributed by atoms with Crippen molar-refractivity contribution in [3.05, 3.63) is 14.9 Å². The van der Waals surface area contributed by atoms with E-state index in [2.05, 4.69) is 27.9 Å². The summed E-state index contributed by atoms with van der Waals surface area (Å²) in [6.45, 7) is 1.86. The third-order valence-corrected chi connectivity index (χ3v) is 8.29. The molecule has 8 heteroatoms. The predicted molar refractivity (Wildman–Crippen MR) is 82.5 cm³/mol. The van der Waals surface area contributed by atoms with Crippen LogP contribution in [0.2, 0.25) is 5.02 Å². The van der Waals surface area contributed by atoms with E-state index in [0.717, 1.165) is 37.3 Å². The van der Waals surface area contributed by atoms with Gasteiger partial charge < -0.3 is 4.90 Å². The molecule has 0 aromatic carbocycles. The van der Waals surface area contributed by atoms with E-state index in [9.17, 15) is 8.42 Å². The summed E-state index contributed by atoms with van der Waals surface area (Å²) in [6.07, 6.45) is 1.74. The normalized spacial score (nSPS) is 19.2. The Labute approximate surface area is 131 Å². The fourth-order valence-electron chi connectivity index (χ4n) is 2.15. The molecule has 1 saturated heterocycles. The lowest BCUT2D eigenvalue weighted by Gasteiger charge is -2.34. The molecule has 0 radical (unpaired) electrons. The number of sulfonamides is 1. The molecule has 4 nitrogen and oxygen atoms in total. The van der Waals surface area contributed by atoms with Gasteiger partial charge >= 0.3 is 0 Å². The predicted octanol–water partition coefficient (Wildman–Crippen LogP) is 2.88. The molecular formula is C11H16BrClN2O2S2. The van der Waals surface area contributed by atoms with Crippen molar-refractivity contribution in [2.24, 2.45) is 0 Å². The zero-order valence-electron chi connectivity index (χ0n) is 10.8. The summed E-state index contributed by atoms with van der Waals surface area (Å²) in [5.41, 5.74) is 0. The lowest BCUT2D eigenvalue weighted by atomic mass is 10.1. The van der Waals surface area contributed by atoms with Crippen LogP contribution in [0, 0.1) is 0 Å². The maximum Gasteiger partial charge on any atom is 0.252 e. The van der Waals surface area contributed by atoms with Crippen LogP contribution in [0.5, 0.6) is 0 Å². The van der Waals surface area contributed by atoms with Crippen molar-refractivity contribution < 1.29 is 8.42 Å². The average Bonchev–Trinajstić information content (AvgIpc) is 2.70. The van der Waals surface area contributed by atoms with Gasteiger partial charge in [-0.3, -0.25) is 0 Å². The number of rotatable bonds is 3. The van der Waals surface area contributed by atoms with E-state index in [1.807, 2.05) is 0 Å². The highest BCUT2D eigenvalue weighted by molar-refractivity contribution is 9.11. The molecule has 0 atom stereocenters. The second kappa shape index (κ2) is 5.99. The number of likely N-dealkylation sites (tertiary alicyclic amines) is 1. The molecule has 108 valence electrons. The number of halogens is 2. The van der Waals surface area contributed by atoms with Crippen LogP contribution < -0.4 is 0 Å². The second-order valence-corrected chi connectivity index (χ2v) is 9.74. The fraction of sp³-hybridized carbons (Fsp3) is 0.636. The topological polar surface area (TPSA) is 40.6 Å². The molecule has 0 amide bonds. The van der Waals surface area contributed by atoms with Crippen LogP contribution in [-0.4, -0.2) is 50.8 Å². The minimum absolute atomic E-state index is 0.0702. The highest BCUT2D eigenvalue weighted by Gasteiger charge is 2.31. The number of hydrogen-bond donors (Lipinski definition) is 0. The van der Waals surface area contributed by atoms with E-state index in [4.69, 9.17) is 11.6 Å². The molecular weight excluding hydrogens is 372 g/mol. The summed E-state index contributed by atoms with van der Waals surface area (Å²) in [4.78, 5) is 2.22. The van der Waals surface area contributed by atoms with Gasteiger partial charge in [-0.25, -0.2) is 8.42 Å². The largest absolute Gasteiger partial charge is 0.306 e. The van der Waals surface area contributed by atoms with Crippen molar-refractivity contribution in [1.82, 2.24) is 9.21 Å². The highest BCUT2D eigenvalue weighted by Crippen LogP contribution is 2.36. The zero-order valence-corrected chi connectivity index (χ0v) is 14.7. The van der Waals surface area contributed by atoms with E-state index in [1.54, 1.807) is 7.05 Å². The number of nitrogens with zero attached hydrogens (tertiary/aromatic N) is 2. The summed E-state index contributed by atoms with van der Waals surface area (Å²) in [6, 6.07) is 1.58. The van der Waals surface area contributed by atoms with Crippen LogP contribution in [0.3, 0.4) is 0 Å². The van der Waals surface area contributed by atoms with Gasteiger partial charge in [-0.1, -0.05) is 11.6 Å². The average molecular weight is 388 g/mol. The zero-order chi connectivity index (χ0) is 14.2. The van der Waals surface area contributed by atoms with Gasteiger partial charge in [0, 0.05) is 13.1 Å². The Morgan fingerprint density at radius 3 is 2.53 bits per heavy atom. The van der Waals surface area contributed by atoms with Gasteiger partial charge in [-0.15, -0.1) is 11.3 Å². The Hall–Kier alpha value is 0.340. The number of hydrogen-bond acceptors (Lipinski definition) is 4. The minimum Gasteiger partial charge on any atom is -0.306 e. The minimum atomic E-state index is -3.44. The Kier molecular flexibility index (Phi) is 4.96. The summed E-state index contributed by atoms with van der Waals surface area (Å²) >= 11 is 10.3. The molecule has 1 fully saturated rings. The van der Waals surface area contributed by atoms with E-state index in [-0.39, 0.29) is 6.04 Å². The first-order valence-corrected chi connectivity index (χ1v) is 9.36. The molecule has 0 bridgehead atoms. The van der Waals surface area contributed by atoms with Crippen molar-refractivity contribution in [1.29, 1.82) is 0 Å². The lowest BCUT2D eigenvalue weighted by Crippen LogP contribution is -2.44. The molecule has 2 rings (SSSR count). The Morgan fingerprint density at radius 2 is 2.05 bits per heavy atom. The first-order valence-electron chi connectivity index (χ1n) is 5.94. The van der Waals surface area contributed by atoms with Gasteiger partial charge in [0.1, 0.15) is 4.21 Å². The molecule has 0 saturated carbocycles. The van der Waals surface area contributed by atoms with Gasteiger partial charge in [-0.05, 0) is 55.0 Å². The van der Waals surface area contributed by atoms with E-state index >= 15 is 0 Å². The van der Waals surface area contributed by atoms with Gasteiger partial charge in [0.15, 0.2) is 0 Å². The summed E-state index contributed by atoms with van der Waals surface area (Å²) < 4.78 is 27.5. The SMILES string of the molecule is CN1CCC(N(C)S(=O)(=O)c2cc(Cl)c(Br)s2)CC1. The molecule has 2 heterocycles. The van der Waals surface area contributed by atoms with Crippen LogP contribution in [0.1, 0.15) is 12.8 Å². The summed E-state index contributed by atoms with van der Waals surface area (Å²) in [5.74, 6) is 0. The van der Waals surface area contributed by atoms with Crippen molar-refractivity contribution in [2.75, 3.05) is 27.2 Å². The Morgan fingerprint density at radius 1 is 1.47 bits per heavy atom. The highest BCUT2D eigenvalue weighted by atomic mass is 79.9. The van der Waals surface area contributed by atoms with Gasteiger partial charge in [0.05, 0.1) is 8.81 Å². The number of thiophene rings is 1. The molecule has 1 aliphatic rings. The molecule has 0 spiro atoms. The fourth-order valence-corrected chi connectivity index (χ4v) is 6.15. The second-order valence-electron chi connectivity index (χ2n) is 4.74. The smallest absolute Gasteiger partial charge is 0.252 e. The van der Waals surface area contributed by atoms with E-state index in [0.29, 0.717) is 13.0 Å². The molecule has 1 aliphatic heterocycles. The van der Waals surface area contributed by atoms with Crippen molar-refractivity contribution in [3.63, 3.8) is 0 Å². The molecule has 0 N–H and O–H groups in total. The van der Waals surface area contributed by atoms with Crippen LogP contribution in [0.15, 0.2) is 14.1 Å². The first-order chi connectivity index (χ1) is 8.82. The van der Waals surface area contributed by atoms with Crippen LogP contribution >= 0.6 is 38.9 Å². The lowest BCUT2D eigenvalue weighted by molar-refractivity contribution is 0.198. The molecule has 1 aromatic heterocycles. The van der Waals surface area contributed by atoms with Gasteiger partial charge in [-0.2, -0.15) is 4.31 Å². The summed E-state index contributed by atoms with van der Waals surface area (Å²) in [5, 5.41) is 0.445. The monoisotopic (exact) mass is 386 g/mol. The quantitative estimate of drug-likeness (QED) is 0.801. The third-order valence-electron chi connectivity index (χ3n) is 3.46. The Bertz CT molecular complexity index is 534. The number of piperidine rings is 1. The molecule has 0 unspecified atom stereocenters. The molecule has 19 heavy (non-hydrogen) atoms.